The molecule has 20 heavy (non-hydrogen) atoms. The van der Waals surface area contributed by atoms with E-state index in [0.717, 1.165) is 37.3 Å². The smallest absolute Gasteiger partial charge is 0.239 e. The number of hydrogen-bond donors (Lipinski definition) is 2. The molecule has 4 heteroatoms. The normalized spacial score (nSPS) is 10.2. The summed E-state index contributed by atoms with van der Waals surface area (Å²) in [7, 11) is 0. The van der Waals surface area contributed by atoms with Gasteiger partial charge >= 0.3 is 0 Å². The van der Waals surface area contributed by atoms with Gasteiger partial charge in [-0.25, -0.2) is 0 Å². The minimum absolute atomic E-state index is 0.0408. The zero-order valence-corrected chi connectivity index (χ0v) is 13.1. The molecule has 0 fully saturated rings. The minimum Gasteiger partial charge on any atom is -0.376 e. The number of anilines is 2. The maximum atomic E-state index is 11.6. The molecule has 1 rings (SSSR count). The molecule has 4 nitrogen and oxygen atoms in total. The third kappa shape index (κ3) is 4.76. The first-order valence-electron chi connectivity index (χ1n) is 7.48. The Balaban J connectivity index is 2.62. The van der Waals surface area contributed by atoms with Crippen LogP contribution in [-0.4, -0.2) is 32.1 Å². The van der Waals surface area contributed by atoms with E-state index in [9.17, 15) is 4.79 Å². The van der Waals surface area contributed by atoms with Crippen LogP contribution in [0.15, 0.2) is 18.2 Å². The van der Waals surface area contributed by atoms with Crippen molar-refractivity contribution in [2.45, 2.75) is 34.1 Å². The first-order chi connectivity index (χ1) is 9.62. The molecule has 0 aliphatic heterocycles. The quantitative estimate of drug-likeness (QED) is 0.768. The SMILES string of the molecule is CCCNC(=O)CNc1ccc(N(CC)CC)cc1C. The van der Waals surface area contributed by atoms with Crippen LogP contribution in [0.1, 0.15) is 32.8 Å². The number of carbonyl (C=O) groups is 1. The van der Waals surface area contributed by atoms with E-state index in [0.29, 0.717) is 6.54 Å². The molecule has 112 valence electrons. The van der Waals surface area contributed by atoms with E-state index in [1.54, 1.807) is 0 Å². The van der Waals surface area contributed by atoms with Gasteiger partial charge < -0.3 is 15.5 Å². The van der Waals surface area contributed by atoms with Crippen molar-refractivity contribution in [2.75, 3.05) is 36.4 Å². The Morgan fingerprint density at radius 2 is 1.90 bits per heavy atom. The second-order valence-corrected chi connectivity index (χ2v) is 4.88. The molecule has 0 atom stereocenters. The van der Waals surface area contributed by atoms with Gasteiger partial charge in [0, 0.05) is 31.0 Å². The monoisotopic (exact) mass is 277 g/mol. The van der Waals surface area contributed by atoms with Gasteiger partial charge in [-0.2, -0.15) is 0 Å². The fourth-order valence-corrected chi connectivity index (χ4v) is 2.13. The van der Waals surface area contributed by atoms with Gasteiger partial charge in [0.1, 0.15) is 0 Å². The van der Waals surface area contributed by atoms with Crippen molar-refractivity contribution in [2.24, 2.45) is 0 Å². The third-order valence-electron chi connectivity index (χ3n) is 3.35. The molecule has 0 spiro atoms. The van der Waals surface area contributed by atoms with Crippen molar-refractivity contribution < 1.29 is 4.79 Å². The van der Waals surface area contributed by atoms with Gasteiger partial charge in [-0.05, 0) is 51.0 Å². The number of amides is 1. The van der Waals surface area contributed by atoms with Gasteiger partial charge in [0.05, 0.1) is 6.54 Å². The molecule has 1 aromatic rings. The molecule has 0 bridgehead atoms. The second-order valence-electron chi connectivity index (χ2n) is 4.88. The highest BCUT2D eigenvalue weighted by Crippen LogP contribution is 2.22. The lowest BCUT2D eigenvalue weighted by Crippen LogP contribution is -2.30. The molecular formula is C16H27N3O. The van der Waals surface area contributed by atoms with Gasteiger partial charge in [-0.1, -0.05) is 6.92 Å². The number of rotatable bonds is 8. The van der Waals surface area contributed by atoms with Gasteiger partial charge in [0.15, 0.2) is 0 Å². The summed E-state index contributed by atoms with van der Waals surface area (Å²) in [6, 6.07) is 6.32. The van der Waals surface area contributed by atoms with Gasteiger partial charge in [-0.3, -0.25) is 4.79 Å². The largest absolute Gasteiger partial charge is 0.376 e. The molecule has 0 saturated heterocycles. The van der Waals surface area contributed by atoms with Crippen LogP contribution in [0.3, 0.4) is 0 Å². The van der Waals surface area contributed by atoms with E-state index < -0.39 is 0 Å². The molecule has 0 unspecified atom stereocenters. The lowest BCUT2D eigenvalue weighted by molar-refractivity contribution is -0.119. The highest BCUT2D eigenvalue weighted by atomic mass is 16.1. The lowest BCUT2D eigenvalue weighted by atomic mass is 10.1. The highest BCUT2D eigenvalue weighted by molar-refractivity contribution is 5.81. The lowest BCUT2D eigenvalue weighted by Gasteiger charge is -2.22. The molecule has 1 amide bonds. The first kappa shape index (κ1) is 16.3. The van der Waals surface area contributed by atoms with Crippen LogP contribution in [-0.2, 0) is 4.79 Å². The number of aryl methyl sites for hydroxylation is 1. The van der Waals surface area contributed by atoms with E-state index in [1.165, 1.54) is 5.69 Å². The predicted molar refractivity (Wildman–Crippen MR) is 86.5 cm³/mol. The Hall–Kier alpha value is -1.71. The fourth-order valence-electron chi connectivity index (χ4n) is 2.13. The Morgan fingerprint density at radius 3 is 2.45 bits per heavy atom. The summed E-state index contributed by atoms with van der Waals surface area (Å²) in [4.78, 5) is 13.9. The minimum atomic E-state index is 0.0408. The van der Waals surface area contributed by atoms with E-state index in [2.05, 4.69) is 54.5 Å². The summed E-state index contributed by atoms with van der Waals surface area (Å²) in [6.07, 6.45) is 0.962. The summed E-state index contributed by atoms with van der Waals surface area (Å²) in [6.45, 7) is 11.5. The Morgan fingerprint density at radius 1 is 1.20 bits per heavy atom. The Labute approximate surface area is 122 Å². The van der Waals surface area contributed by atoms with Gasteiger partial charge in [0.25, 0.3) is 0 Å². The molecule has 0 aromatic heterocycles. The number of carbonyl (C=O) groups excluding carboxylic acids is 1. The number of nitrogens with one attached hydrogen (secondary N) is 2. The van der Waals surface area contributed by atoms with Crippen LogP contribution in [0.25, 0.3) is 0 Å². The Kier molecular flexibility index (Phi) is 6.91. The van der Waals surface area contributed by atoms with Gasteiger partial charge in [0.2, 0.25) is 5.91 Å². The van der Waals surface area contributed by atoms with E-state index >= 15 is 0 Å². The predicted octanol–water partition coefficient (Wildman–Crippen LogP) is 2.78. The number of hydrogen-bond acceptors (Lipinski definition) is 3. The van der Waals surface area contributed by atoms with Crippen molar-refractivity contribution in [3.05, 3.63) is 23.8 Å². The average molecular weight is 277 g/mol. The Bertz CT molecular complexity index is 428. The summed E-state index contributed by atoms with van der Waals surface area (Å²) >= 11 is 0. The molecule has 0 heterocycles. The van der Waals surface area contributed by atoms with Crippen LogP contribution >= 0.6 is 0 Å². The number of benzene rings is 1. The topological polar surface area (TPSA) is 44.4 Å². The maximum absolute atomic E-state index is 11.6. The second kappa shape index (κ2) is 8.46. The maximum Gasteiger partial charge on any atom is 0.239 e. The molecule has 0 radical (unpaired) electrons. The van der Waals surface area contributed by atoms with Crippen LogP contribution < -0.4 is 15.5 Å². The van der Waals surface area contributed by atoms with Gasteiger partial charge in [-0.15, -0.1) is 0 Å². The van der Waals surface area contributed by atoms with Crippen LogP contribution in [0, 0.1) is 6.92 Å². The van der Waals surface area contributed by atoms with Crippen molar-refractivity contribution in [1.82, 2.24) is 5.32 Å². The van der Waals surface area contributed by atoms with Crippen LogP contribution in [0.4, 0.5) is 11.4 Å². The first-order valence-corrected chi connectivity index (χ1v) is 7.48. The number of nitrogens with zero attached hydrogens (tertiary/aromatic N) is 1. The van der Waals surface area contributed by atoms with Crippen molar-refractivity contribution in [1.29, 1.82) is 0 Å². The average Bonchev–Trinajstić information content (AvgIpc) is 2.45. The molecule has 1 aromatic carbocycles. The third-order valence-corrected chi connectivity index (χ3v) is 3.35. The van der Waals surface area contributed by atoms with Crippen LogP contribution in [0.5, 0.6) is 0 Å². The molecule has 0 aliphatic rings. The van der Waals surface area contributed by atoms with Crippen molar-refractivity contribution in [3.63, 3.8) is 0 Å². The van der Waals surface area contributed by atoms with E-state index in [1.807, 2.05) is 6.92 Å². The molecular weight excluding hydrogens is 250 g/mol. The summed E-state index contributed by atoms with van der Waals surface area (Å²) in [5.41, 5.74) is 3.42. The fraction of sp³-hybridized carbons (Fsp3) is 0.562. The van der Waals surface area contributed by atoms with Crippen molar-refractivity contribution in [3.8, 4) is 0 Å². The molecule has 0 aliphatic carbocycles. The standard InChI is InChI=1S/C16H27N3O/c1-5-10-17-16(20)12-18-15-9-8-14(11-13(15)4)19(6-2)7-3/h8-9,11,18H,5-7,10,12H2,1-4H3,(H,17,20). The van der Waals surface area contributed by atoms with E-state index in [-0.39, 0.29) is 5.91 Å². The highest BCUT2D eigenvalue weighted by Gasteiger charge is 2.06. The molecule has 2 N–H and O–H groups in total. The van der Waals surface area contributed by atoms with Crippen LogP contribution in [0.2, 0.25) is 0 Å². The summed E-state index contributed by atoms with van der Waals surface area (Å²) in [5.74, 6) is 0.0408. The van der Waals surface area contributed by atoms with Crippen molar-refractivity contribution >= 4 is 17.3 Å². The zero-order chi connectivity index (χ0) is 15.0. The zero-order valence-electron chi connectivity index (χ0n) is 13.1. The molecule has 0 saturated carbocycles. The summed E-state index contributed by atoms with van der Waals surface area (Å²) in [5, 5.41) is 6.05. The summed E-state index contributed by atoms with van der Waals surface area (Å²) < 4.78 is 0. The van der Waals surface area contributed by atoms with E-state index in [4.69, 9.17) is 0 Å².